The predicted octanol–water partition coefficient (Wildman–Crippen LogP) is 1.11. The summed E-state index contributed by atoms with van der Waals surface area (Å²) in [6.07, 6.45) is 0.839. The van der Waals surface area contributed by atoms with Gasteiger partial charge in [-0.25, -0.2) is 4.79 Å². The minimum Gasteiger partial charge on any atom is -0.449 e. The van der Waals surface area contributed by atoms with Crippen LogP contribution in [-0.2, 0) is 19.1 Å². The predicted molar refractivity (Wildman–Crippen MR) is 117 cm³/mol. The number of ketones is 2. The molecule has 2 amide bonds. The van der Waals surface area contributed by atoms with Crippen molar-refractivity contribution < 1.29 is 29.0 Å². The lowest BCUT2D eigenvalue weighted by Crippen LogP contribution is -2.47. The van der Waals surface area contributed by atoms with E-state index >= 15 is 0 Å². The Hall–Kier alpha value is -2.20. The van der Waals surface area contributed by atoms with E-state index in [4.69, 9.17) is 27.5 Å². The number of ether oxygens (including phenoxy) is 1. The summed E-state index contributed by atoms with van der Waals surface area (Å²) < 4.78 is 4.93. The number of Topliss-reactive ketones (excluding diaryl/α,β-unsaturated/α-hetero) is 2. The van der Waals surface area contributed by atoms with Crippen LogP contribution in [0.15, 0.2) is 0 Å². The Bertz CT molecular complexity index is 629. The Balaban J connectivity index is 4.74. The fraction of sp³-hybridized carbons (Fsp3) is 0.750. The van der Waals surface area contributed by atoms with E-state index in [9.17, 15) is 24.3 Å². The number of alkyl halides is 1. The summed E-state index contributed by atoms with van der Waals surface area (Å²) in [4.78, 5) is 48.6. The molecule has 0 aliphatic rings. The van der Waals surface area contributed by atoms with E-state index in [-0.39, 0.29) is 36.4 Å². The first-order chi connectivity index (χ1) is 14.5. The van der Waals surface area contributed by atoms with Gasteiger partial charge >= 0.3 is 6.09 Å². The maximum Gasteiger partial charge on any atom is 0.407 e. The van der Waals surface area contributed by atoms with Crippen LogP contribution in [-0.4, -0.2) is 65.7 Å². The zero-order chi connectivity index (χ0) is 24.0. The van der Waals surface area contributed by atoms with E-state index in [1.807, 2.05) is 13.8 Å². The van der Waals surface area contributed by atoms with Crippen LogP contribution in [0.3, 0.4) is 0 Å². The third kappa shape index (κ3) is 13.0. The zero-order valence-electron chi connectivity index (χ0n) is 18.4. The molecule has 0 aromatic carbocycles. The van der Waals surface area contributed by atoms with Crippen LogP contribution in [0, 0.1) is 17.2 Å². The van der Waals surface area contributed by atoms with Crippen molar-refractivity contribution in [3.05, 3.63) is 0 Å². The number of amidine groups is 1. The summed E-state index contributed by atoms with van der Waals surface area (Å²) in [6.45, 7) is 4.76. The maximum atomic E-state index is 12.5. The van der Waals surface area contributed by atoms with E-state index in [1.165, 1.54) is 6.92 Å². The van der Waals surface area contributed by atoms with Crippen molar-refractivity contribution in [2.75, 3.05) is 19.1 Å². The number of aliphatic hydroxyl groups excluding tert-OH is 1. The van der Waals surface area contributed by atoms with Gasteiger partial charge < -0.3 is 26.2 Å². The normalized spacial score (nSPS) is 13.7. The van der Waals surface area contributed by atoms with Gasteiger partial charge in [-0.15, -0.1) is 11.6 Å². The fourth-order valence-electron chi connectivity index (χ4n) is 2.58. The number of alkyl carbamates (subject to hydrolysis) is 1. The third-order valence-corrected chi connectivity index (χ3v) is 4.66. The van der Waals surface area contributed by atoms with Crippen molar-refractivity contribution in [1.29, 1.82) is 5.41 Å². The summed E-state index contributed by atoms with van der Waals surface area (Å²) in [5.41, 5.74) is 5.30. The number of amides is 2. The molecule has 11 heteroatoms. The van der Waals surface area contributed by atoms with Gasteiger partial charge in [0.25, 0.3) is 0 Å². The largest absolute Gasteiger partial charge is 0.449 e. The van der Waals surface area contributed by atoms with Crippen LogP contribution >= 0.6 is 11.6 Å². The number of hydrogen-bond acceptors (Lipinski definition) is 7. The van der Waals surface area contributed by atoms with E-state index in [2.05, 4.69) is 10.6 Å². The van der Waals surface area contributed by atoms with Crippen LogP contribution in [0.4, 0.5) is 4.79 Å². The second-order valence-corrected chi connectivity index (χ2v) is 8.14. The standard InChI is InChI=1S/C20H35ClN4O6/c1-12(2)11-31-20(30)25-15(10-26)16(27)8-13(3)19(29)24-14(17(28)9-21)6-4-5-7-18(22)23/h12-15,26H,4-11H2,1-3H3,(H3,22,23)(H,24,29)(H,25,30). The van der Waals surface area contributed by atoms with Gasteiger partial charge in [-0.2, -0.15) is 0 Å². The smallest absolute Gasteiger partial charge is 0.407 e. The first-order valence-corrected chi connectivity index (χ1v) is 10.8. The second kappa shape index (κ2) is 15.6. The van der Waals surface area contributed by atoms with Crippen molar-refractivity contribution in [2.24, 2.45) is 17.6 Å². The van der Waals surface area contributed by atoms with Gasteiger partial charge in [-0.05, 0) is 18.8 Å². The van der Waals surface area contributed by atoms with E-state index in [1.54, 1.807) is 0 Å². The van der Waals surface area contributed by atoms with Crippen molar-refractivity contribution >= 4 is 41.0 Å². The molecule has 0 fully saturated rings. The highest BCUT2D eigenvalue weighted by molar-refractivity contribution is 6.28. The summed E-state index contributed by atoms with van der Waals surface area (Å²) in [5, 5.41) is 21.5. The molecule has 0 saturated carbocycles. The highest BCUT2D eigenvalue weighted by Gasteiger charge is 2.27. The van der Waals surface area contributed by atoms with Crippen LogP contribution in [0.25, 0.3) is 0 Å². The van der Waals surface area contributed by atoms with Crippen LogP contribution in [0.5, 0.6) is 0 Å². The number of halogens is 1. The Morgan fingerprint density at radius 3 is 2.23 bits per heavy atom. The lowest BCUT2D eigenvalue weighted by Gasteiger charge is -2.21. The van der Waals surface area contributed by atoms with Gasteiger partial charge in [-0.3, -0.25) is 19.8 Å². The monoisotopic (exact) mass is 462 g/mol. The average Bonchev–Trinajstić information content (AvgIpc) is 2.71. The number of unbranched alkanes of at least 4 members (excludes halogenated alkanes) is 1. The molecule has 0 rings (SSSR count). The lowest BCUT2D eigenvalue weighted by atomic mass is 9.98. The molecule has 31 heavy (non-hydrogen) atoms. The highest BCUT2D eigenvalue weighted by atomic mass is 35.5. The molecule has 3 atom stereocenters. The number of hydrogen-bond donors (Lipinski definition) is 5. The van der Waals surface area contributed by atoms with Crippen LogP contribution in [0.1, 0.15) is 52.9 Å². The van der Waals surface area contributed by atoms with E-state index < -0.39 is 42.4 Å². The van der Waals surface area contributed by atoms with Gasteiger partial charge in [0, 0.05) is 18.8 Å². The molecular weight excluding hydrogens is 428 g/mol. The minimum atomic E-state index is -1.19. The van der Waals surface area contributed by atoms with Gasteiger partial charge in [0.2, 0.25) is 5.91 Å². The second-order valence-electron chi connectivity index (χ2n) is 7.88. The van der Waals surface area contributed by atoms with Crippen LogP contribution in [0.2, 0.25) is 0 Å². The average molecular weight is 463 g/mol. The summed E-state index contributed by atoms with van der Waals surface area (Å²) in [6, 6.07) is -1.99. The number of carbonyl (C=O) groups is 4. The molecule has 10 nitrogen and oxygen atoms in total. The molecule has 0 aliphatic heterocycles. The molecule has 0 aromatic heterocycles. The minimum absolute atomic E-state index is 0.0523. The molecule has 0 radical (unpaired) electrons. The van der Waals surface area contributed by atoms with E-state index in [0.29, 0.717) is 25.7 Å². The quantitative estimate of drug-likeness (QED) is 0.0988. The molecular formula is C20H35ClN4O6. The maximum absolute atomic E-state index is 12.5. The highest BCUT2D eigenvalue weighted by Crippen LogP contribution is 2.10. The van der Waals surface area contributed by atoms with E-state index in [0.717, 1.165) is 0 Å². The molecule has 0 saturated heterocycles. The number of nitrogens with two attached hydrogens (primary N) is 1. The number of rotatable bonds is 16. The van der Waals surface area contributed by atoms with Crippen LogP contribution < -0.4 is 16.4 Å². The SMILES string of the molecule is CC(C)COC(=O)NC(CO)C(=O)CC(C)C(=O)NC(CCCCC(=N)N)C(=O)CCl. The summed E-state index contributed by atoms with van der Waals surface area (Å²) in [7, 11) is 0. The molecule has 0 aromatic rings. The van der Waals surface area contributed by atoms with Crippen molar-refractivity contribution in [3.63, 3.8) is 0 Å². The molecule has 0 heterocycles. The zero-order valence-corrected chi connectivity index (χ0v) is 19.2. The van der Waals surface area contributed by atoms with Gasteiger partial charge in [0.15, 0.2) is 11.6 Å². The third-order valence-electron chi connectivity index (χ3n) is 4.39. The summed E-state index contributed by atoms with van der Waals surface area (Å²) >= 11 is 5.62. The van der Waals surface area contributed by atoms with Crippen molar-refractivity contribution in [3.8, 4) is 0 Å². The first kappa shape index (κ1) is 28.8. The van der Waals surface area contributed by atoms with Gasteiger partial charge in [0.1, 0.15) is 6.04 Å². The van der Waals surface area contributed by atoms with Crippen molar-refractivity contribution in [1.82, 2.24) is 10.6 Å². The Morgan fingerprint density at radius 1 is 1.06 bits per heavy atom. The Labute approximate surface area is 188 Å². The summed E-state index contributed by atoms with van der Waals surface area (Å²) in [5.74, 6) is -2.28. The lowest BCUT2D eigenvalue weighted by molar-refractivity contribution is -0.132. The molecule has 0 spiro atoms. The molecule has 0 aliphatic carbocycles. The molecule has 178 valence electrons. The number of carbonyl (C=O) groups excluding carboxylic acids is 4. The first-order valence-electron chi connectivity index (χ1n) is 10.3. The Morgan fingerprint density at radius 2 is 1.71 bits per heavy atom. The molecule has 3 unspecified atom stereocenters. The molecule has 0 bridgehead atoms. The van der Waals surface area contributed by atoms with Crippen molar-refractivity contribution in [2.45, 2.75) is 65.0 Å². The number of nitrogens with one attached hydrogen (secondary N) is 3. The number of aliphatic hydroxyl groups is 1. The van der Waals surface area contributed by atoms with Gasteiger partial charge in [0.05, 0.1) is 31.0 Å². The molecule has 6 N–H and O–H groups in total. The van der Waals surface area contributed by atoms with Gasteiger partial charge in [-0.1, -0.05) is 27.2 Å². The topological polar surface area (TPSA) is 172 Å². The Kier molecular flexibility index (Phi) is 14.5. The fourth-order valence-corrected chi connectivity index (χ4v) is 2.76.